The number of nitro groups is 1. The normalized spacial score (nSPS) is 14.2. The average molecular weight is 431 g/mol. The van der Waals surface area contributed by atoms with Gasteiger partial charge in [0.1, 0.15) is 23.0 Å². The minimum Gasteiger partial charge on any atom is -0.457 e. The molecule has 4 rings (SSSR count). The van der Waals surface area contributed by atoms with Gasteiger partial charge in [-0.1, -0.05) is 29.8 Å². The lowest BCUT2D eigenvalue weighted by Crippen LogP contribution is -2.03. The Bertz CT molecular complexity index is 1300. The van der Waals surface area contributed by atoms with Crippen LogP contribution < -0.4 is 4.74 Å². The lowest BCUT2D eigenvalue weighted by molar-refractivity contribution is -0.384. The Morgan fingerprint density at radius 1 is 1.09 bits per heavy atom. The number of carbonyl (C=O) groups is 2. The van der Waals surface area contributed by atoms with Crippen LogP contribution in [0.1, 0.15) is 23.8 Å². The summed E-state index contributed by atoms with van der Waals surface area (Å²) in [5.74, 6) is 0.0350. The van der Waals surface area contributed by atoms with Crippen LogP contribution in [0.15, 0.2) is 70.7 Å². The van der Waals surface area contributed by atoms with Crippen molar-refractivity contribution in [2.45, 2.75) is 13.8 Å². The Balaban J connectivity index is 1.67. The van der Waals surface area contributed by atoms with Crippen LogP contribution in [0.5, 0.6) is 5.75 Å². The molecule has 0 saturated carbocycles. The predicted molar refractivity (Wildman–Crippen MR) is 115 cm³/mol. The zero-order chi connectivity index (χ0) is 22.8. The van der Waals surface area contributed by atoms with Crippen molar-refractivity contribution in [1.29, 1.82) is 0 Å². The van der Waals surface area contributed by atoms with Crippen molar-refractivity contribution < 1.29 is 28.4 Å². The van der Waals surface area contributed by atoms with Crippen molar-refractivity contribution in [1.82, 2.24) is 0 Å². The molecule has 0 saturated heterocycles. The number of rotatable bonds is 5. The molecule has 0 atom stereocenters. The smallest absolute Gasteiger partial charge is 0.343 e. The van der Waals surface area contributed by atoms with E-state index in [-0.39, 0.29) is 22.8 Å². The highest BCUT2D eigenvalue weighted by Gasteiger charge is 2.23. The predicted octanol–water partition coefficient (Wildman–Crippen LogP) is 5.07. The fourth-order valence-corrected chi connectivity index (χ4v) is 3.15. The van der Waals surface area contributed by atoms with Gasteiger partial charge >= 0.3 is 11.9 Å². The molecular formula is C24H17NO7. The van der Waals surface area contributed by atoms with Crippen LogP contribution in [0.3, 0.4) is 0 Å². The number of carbonyl (C=O) groups excluding carboxylic acids is 2. The molecule has 8 heteroatoms. The van der Waals surface area contributed by atoms with Crippen LogP contribution in [0.25, 0.3) is 23.2 Å². The number of esters is 2. The first-order chi connectivity index (χ1) is 15.3. The van der Waals surface area contributed by atoms with Crippen LogP contribution >= 0.6 is 0 Å². The largest absolute Gasteiger partial charge is 0.457 e. The van der Waals surface area contributed by atoms with E-state index in [0.29, 0.717) is 17.1 Å². The van der Waals surface area contributed by atoms with Gasteiger partial charge in [-0.25, -0.2) is 4.79 Å². The van der Waals surface area contributed by atoms with Gasteiger partial charge in [-0.05, 0) is 37.3 Å². The maximum Gasteiger partial charge on any atom is 0.343 e. The second-order valence-corrected chi connectivity index (χ2v) is 7.10. The van der Waals surface area contributed by atoms with Gasteiger partial charge in [-0.3, -0.25) is 14.9 Å². The Morgan fingerprint density at radius 2 is 1.84 bits per heavy atom. The minimum absolute atomic E-state index is 0.124. The quantitative estimate of drug-likeness (QED) is 0.182. The van der Waals surface area contributed by atoms with Crippen LogP contribution in [0, 0.1) is 17.0 Å². The number of ether oxygens (including phenoxy) is 2. The summed E-state index contributed by atoms with van der Waals surface area (Å²) in [5, 5.41) is 11.2. The van der Waals surface area contributed by atoms with Gasteiger partial charge in [0.15, 0.2) is 0 Å². The monoisotopic (exact) mass is 431 g/mol. The molecule has 0 radical (unpaired) electrons. The van der Waals surface area contributed by atoms with E-state index in [2.05, 4.69) is 0 Å². The first-order valence-electron chi connectivity index (χ1n) is 9.60. The number of nitro benzene ring substituents is 1. The summed E-state index contributed by atoms with van der Waals surface area (Å²) < 4.78 is 16.3. The lowest BCUT2D eigenvalue weighted by Gasteiger charge is -2.06. The first kappa shape index (κ1) is 20.8. The molecule has 0 bridgehead atoms. The van der Waals surface area contributed by atoms with E-state index < -0.39 is 16.9 Å². The summed E-state index contributed by atoms with van der Waals surface area (Å²) in [4.78, 5) is 34.3. The number of hydrogen-bond acceptors (Lipinski definition) is 7. The van der Waals surface area contributed by atoms with Crippen molar-refractivity contribution in [2.24, 2.45) is 0 Å². The number of hydrogen-bond donors (Lipinski definition) is 0. The molecule has 0 amide bonds. The van der Waals surface area contributed by atoms with Crippen molar-refractivity contribution in [3.05, 3.63) is 93.2 Å². The molecule has 0 aliphatic carbocycles. The molecule has 0 N–H and O–H groups in total. The van der Waals surface area contributed by atoms with E-state index in [0.717, 1.165) is 11.1 Å². The summed E-state index contributed by atoms with van der Waals surface area (Å²) in [6.07, 6.45) is 3.13. The number of cyclic esters (lactones) is 1. The summed E-state index contributed by atoms with van der Waals surface area (Å²) in [6.45, 7) is 3.19. The number of furan rings is 1. The van der Waals surface area contributed by atoms with Gasteiger partial charge in [0.05, 0.1) is 16.1 Å². The molecule has 160 valence electrons. The molecule has 0 spiro atoms. The van der Waals surface area contributed by atoms with Gasteiger partial charge < -0.3 is 13.9 Å². The van der Waals surface area contributed by atoms with Gasteiger partial charge in [-0.15, -0.1) is 0 Å². The van der Waals surface area contributed by atoms with Crippen LogP contribution in [0.4, 0.5) is 5.69 Å². The summed E-state index contributed by atoms with van der Waals surface area (Å²) in [7, 11) is 0. The van der Waals surface area contributed by atoms with Crippen molar-refractivity contribution >= 4 is 29.5 Å². The van der Waals surface area contributed by atoms with E-state index in [9.17, 15) is 19.7 Å². The highest BCUT2D eigenvalue weighted by molar-refractivity contribution is 6.04. The number of benzene rings is 2. The standard InChI is InChI=1S/C24H17NO7/c1-14-3-5-16(6-4-14)23-12-17(24(27)32-23)11-19-8-10-22(31-19)20-13-18(25(28)29)7-9-21(20)30-15(2)26/h3-13H,1-2H3/b17-11+. The Hall–Kier alpha value is -4.46. The lowest BCUT2D eigenvalue weighted by atomic mass is 10.1. The van der Waals surface area contributed by atoms with E-state index in [1.54, 1.807) is 18.2 Å². The SMILES string of the molecule is CC(=O)Oc1ccc([N+](=O)[O-])cc1-c1ccc(/C=C2\C=C(c3ccc(C)cc3)OC2=O)o1. The van der Waals surface area contributed by atoms with E-state index in [1.807, 2.05) is 31.2 Å². The third kappa shape index (κ3) is 4.34. The topological polar surface area (TPSA) is 109 Å². The zero-order valence-electron chi connectivity index (χ0n) is 17.2. The third-order valence-electron chi connectivity index (χ3n) is 4.68. The number of aryl methyl sites for hydroxylation is 1. The molecule has 2 aromatic carbocycles. The Kier molecular flexibility index (Phi) is 5.43. The Labute approximate surface area is 182 Å². The summed E-state index contributed by atoms with van der Waals surface area (Å²) in [5.41, 5.74) is 2.21. The molecule has 1 aromatic heterocycles. The van der Waals surface area contributed by atoms with Gasteiger partial charge in [0.25, 0.3) is 5.69 Å². The molecule has 0 fully saturated rings. The average Bonchev–Trinajstić information content (AvgIpc) is 3.35. The van der Waals surface area contributed by atoms with Crippen LogP contribution in [-0.4, -0.2) is 16.9 Å². The molecule has 1 aliphatic heterocycles. The van der Waals surface area contributed by atoms with Crippen LogP contribution in [0.2, 0.25) is 0 Å². The van der Waals surface area contributed by atoms with Crippen molar-refractivity contribution in [3.63, 3.8) is 0 Å². The molecule has 2 heterocycles. The maximum atomic E-state index is 12.3. The van der Waals surface area contributed by atoms with Crippen molar-refractivity contribution in [3.8, 4) is 17.1 Å². The zero-order valence-corrected chi connectivity index (χ0v) is 17.2. The molecule has 8 nitrogen and oxygen atoms in total. The first-order valence-corrected chi connectivity index (χ1v) is 9.60. The van der Waals surface area contributed by atoms with Gasteiger partial charge in [-0.2, -0.15) is 0 Å². The highest BCUT2D eigenvalue weighted by Crippen LogP contribution is 2.36. The second-order valence-electron chi connectivity index (χ2n) is 7.10. The molecule has 0 unspecified atom stereocenters. The number of nitrogens with zero attached hydrogens (tertiary/aromatic N) is 1. The van der Waals surface area contributed by atoms with E-state index >= 15 is 0 Å². The molecule has 3 aromatic rings. The second kappa shape index (κ2) is 8.35. The Morgan fingerprint density at radius 3 is 2.53 bits per heavy atom. The van der Waals surface area contributed by atoms with Gasteiger partial charge in [0.2, 0.25) is 0 Å². The minimum atomic E-state index is -0.573. The maximum absolute atomic E-state index is 12.3. The van der Waals surface area contributed by atoms with Crippen LogP contribution in [-0.2, 0) is 14.3 Å². The highest BCUT2D eigenvalue weighted by atomic mass is 16.6. The van der Waals surface area contributed by atoms with Gasteiger partial charge in [0, 0.05) is 24.6 Å². The molecule has 32 heavy (non-hydrogen) atoms. The molecule has 1 aliphatic rings. The van der Waals surface area contributed by atoms with E-state index in [4.69, 9.17) is 13.9 Å². The summed E-state index contributed by atoms with van der Waals surface area (Å²) in [6, 6.07) is 14.6. The van der Waals surface area contributed by atoms with Crippen molar-refractivity contribution in [2.75, 3.05) is 0 Å². The fraction of sp³-hybridized carbons (Fsp3) is 0.0833. The summed E-state index contributed by atoms with van der Waals surface area (Å²) >= 11 is 0. The van der Waals surface area contributed by atoms with E-state index in [1.165, 1.54) is 31.2 Å². The third-order valence-corrected chi connectivity index (χ3v) is 4.68. The molecular weight excluding hydrogens is 414 g/mol. The fourth-order valence-electron chi connectivity index (χ4n) is 3.15. The number of non-ortho nitro benzene ring substituents is 1.